The molecule has 1 fully saturated rings. The lowest BCUT2D eigenvalue weighted by atomic mass is 10.1. The van der Waals surface area contributed by atoms with E-state index in [4.69, 9.17) is 4.89 Å². The molecule has 1 saturated carbocycles. The van der Waals surface area contributed by atoms with Crippen molar-refractivity contribution in [2.45, 2.75) is 38.2 Å². The van der Waals surface area contributed by atoms with Crippen LogP contribution in [0.15, 0.2) is 0 Å². The highest BCUT2D eigenvalue weighted by Crippen LogP contribution is 2.51. The molecule has 0 radical (unpaired) electrons. The first-order chi connectivity index (χ1) is 5.47. The van der Waals surface area contributed by atoms with Crippen molar-refractivity contribution in [3.8, 4) is 0 Å². The third-order valence-electron chi connectivity index (χ3n) is 2.08. The van der Waals surface area contributed by atoms with E-state index in [1.165, 1.54) is 0 Å². The third-order valence-corrected chi connectivity index (χ3v) is 2.93. The maximum Gasteiger partial charge on any atom is 0.503 e. The number of rotatable bonds is 3. The van der Waals surface area contributed by atoms with E-state index in [1.807, 2.05) is 0 Å². The lowest BCUT2D eigenvalue weighted by molar-refractivity contribution is -0.0703. The van der Waals surface area contributed by atoms with Crippen LogP contribution in [-0.2, 0) is 13.8 Å². The van der Waals surface area contributed by atoms with E-state index in [0.717, 1.165) is 12.8 Å². The molecule has 1 rings (SSSR count). The maximum absolute atomic E-state index is 11.5. The normalized spacial score (nSPS) is 26.9. The minimum Gasteiger partial charge on any atom is -0.301 e. The third kappa shape index (κ3) is 2.52. The first-order valence-electron chi connectivity index (χ1n) is 3.81. The molecule has 0 heterocycles. The van der Waals surface area contributed by atoms with E-state index in [1.54, 1.807) is 6.92 Å². The molecule has 6 heteroatoms. The minimum atomic E-state index is -4.45. The van der Waals surface area contributed by atoms with Gasteiger partial charge in [0.1, 0.15) is 0 Å². The van der Waals surface area contributed by atoms with E-state index in [9.17, 15) is 9.09 Å². The fourth-order valence-corrected chi connectivity index (χ4v) is 2.27. The van der Waals surface area contributed by atoms with E-state index in [-0.39, 0.29) is 0 Å². The summed E-state index contributed by atoms with van der Waals surface area (Å²) < 4.78 is 29.6. The van der Waals surface area contributed by atoms with Crippen molar-refractivity contribution in [2.24, 2.45) is 0 Å². The van der Waals surface area contributed by atoms with Crippen molar-refractivity contribution in [3.63, 3.8) is 0 Å². The van der Waals surface area contributed by atoms with Gasteiger partial charge in [0.2, 0.25) is 0 Å². The van der Waals surface area contributed by atoms with Gasteiger partial charge in [0.25, 0.3) is 0 Å². The molecule has 1 aliphatic carbocycles. The fraction of sp³-hybridized carbons (Fsp3) is 1.00. The second-order valence-corrected chi connectivity index (χ2v) is 4.54. The smallest absolute Gasteiger partial charge is 0.301 e. The molecule has 0 spiro atoms. The van der Waals surface area contributed by atoms with Crippen molar-refractivity contribution >= 4 is 7.82 Å². The average Bonchev–Trinajstić information content (AvgIpc) is 2.35. The van der Waals surface area contributed by atoms with Gasteiger partial charge in [-0.2, -0.15) is 0 Å². The number of phosphoric ester groups is 1. The van der Waals surface area contributed by atoms with E-state index < -0.39 is 13.4 Å². The summed E-state index contributed by atoms with van der Waals surface area (Å²) in [4.78, 5) is 8.68. The molecule has 0 aromatic carbocycles. The molecule has 0 amide bonds. The Bertz CT molecular complexity index is 202. The SMILES string of the molecule is CC1(OP(=O)(O)OF)CCCC1. The lowest BCUT2D eigenvalue weighted by Crippen LogP contribution is -2.22. The second kappa shape index (κ2) is 3.42. The number of halogens is 1. The largest absolute Gasteiger partial charge is 0.503 e. The Kier molecular flexibility index (Phi) is 2.88. The zero-order chi connectivity index (χ0) is 9.24. The van der Waals surface area contributed by atoms with E-state index in [0.29, 0.717) is 12.8 Å². The van der Waals surface area contributed by atoms with E-state index >= 15 is 0 Å². The monoisotopic (exact) mass is 198 g/mol. The molecule has 0 saturated heterocycles. The quantitative estimate of drug-likeness (QED) is 0.707. The van der Waals surface area contributed by atoms with Crippen molar-refractivity contribution in [3.05, 3.63) is 0 Å². The van der Waals surface area contributed by atoms with Crippen LogP contribution < -0.4 is 0 Å². The topological polar surface area (TPSA) is 55.8 Å². The Morgan fingerprint density at radius 1 is 1.50 bits per heavy atom. The number of hydrogen-bond donors (Lipinski definition) is 1. The number of hydrogen-bond acceptors (Lipinski definition) is 3. The highest BCUT2D eigenvalue weighted by molar-refractivity contribution is 7.47. The minimum absolute atomic E-state index is 0.668. The van der Waals surface area contributed by atoms with Crippen LogP contribution in [0.1, 0.15) is 32.6 Å². The lowest BCUT2D eigenvalue weighted by Gasteiger charge is -2.24. The standard InChI is InChI=1S/C6H12FO4P/c1-6(4-2-3-5-6)10-12(8,9)11-7/h2-5H2,1H3,(H,8,9). The predicted octanol–water partition coefficient (Wildman–Crippen LogP) is 2.34. The van der Waals surface area contributed by atoms with E-state index in [2.05, 4.69) is 9.25 Å². The molecular formula is C6H12FO4P. The summed E-state index contributed by atoms with van der Waals surface area (Å²) in [5.74, 6) is 0. The van der Waals surface area contributed by atoms with Gasteiger partial charge in [-0.1, -0.05) is 17.6 Å². The highest BCUT2D eigenvalue weighted by atomic mass is 31.2. The van der Waals surface area contributed by atoms with Gasteiger partial charge in [-0.25, -0.2) is 4.57 Å². The van der Waals surface area contributed by atoms with Crippen molar-refractivity contribution in [1.82, 2.24) is 0 Å². The molecule has 0 aromatic heterocycles. The van der Waals surface area contributed by atoms with Crippen LogP contribution in [-0.4, -0.2) is 10.5 Å². The Hall–Kier alpha value is 0.0400. The van der Waals surface area contributed by atoms with Crippen LogP contribution in [0.5, 0.6) is 0 Å². The molecule has 1 aliphatic rings. The van der Waals surface area contributed by atoms with Gasteiger partial charge in [-0.15, -0.1) is 0 Å². The summed E-state index contributed by atoms with van der Waals surface area (Å²) in [5, 5.41) is 0. The Morgan fingerprint density at radius 3 is 2.42 bits per heavy atom. The van der Waals surface area contributed by atoms with Crippen LogP contribution in [0.25, 0.3) is 0 Å². The van der Waals surface area contributed by atoms with Crippen molar-refractivity contribution in [2.75, 3.05) is 0 Å². The predicted molar refractivity (Wildman–Crippen MR) is 40.0 cm³/mol. The Morgan fingerprint density at radius 2 is 2.00 bits per heavy atom. The second-order valence-electron chi connectivity index (χ2n) is 3.29. The average molecular weight is 198 g/mol. The summed E-state index contributed by atoms with van der Waals surface area (Å²) in [6.07, 6.45) is 3.20. The molecule has 0 bridgehead atoms. The zero-order valence-corrected chi connectivity index (χ0v) is 7.72. The highest BCUT2D eigenvalue weighted by Gasteiger charge is 2.38. The Balaban J connectivity index is 2.54. The van der Waals surface area contributed by atoms with Gasteiger partial charge in [0.05, 0.1) is 5.60 Å². The van der Waals surface area contributed by atoms with Crippen LogP contribution in [0.3, 0.4) is 0 Å². The van der Waals surface area contributed by atoms with Gasteiger partial charge in [0.15, 0.2) is 0 Å². The molecular weight excluding hydrogens is 186 g/mol. The first-order valence-corrected chi connectivity index (χ1v) is 5.31. The molecule has 12 heavy (non-hydrogen) atoms. The van der Waals surface area contributed by atoms with Crippen LogP contribution >= 0.6 is 7.82 Å². The molecule has 0 aromatic rings. The van der Waals surface area contributed by atoms with Crippen molar-refractivity contribution in [1.29, 1.82) is 0 Å². The van der Waals surface area contributed by atoms with Crippen LogP contribution in [0.2, 0.25) is 0 Å². The summed E-state index contributed by atoms with van der Waals surface area (Å²) in [5.41, 5.74) is -0.698. The zero-order valence-electron chi connectivity index (χ0n) is 6.83. The molecule has 1 atom stereocenters. The molecule has 4 nitrogen and oxygen atoms in total. The summed E-state index contributed by atoms with van der Waals surface area (Å²) >= 11 is 0. The number of phosphoric acid groups is 1. The van der Waals surface area contributed by atoms with Gasteiger partial charge in [-0.05, 0) is 24.3 Å². The van der Waals surface area contributed by atoms with Crippen molar-refractivity contribution < 1.29 is 23.2 Å². The molecule has 1 N–H and O–H groups in total. The van der Waals surface area contributed by atoms with Gasteiger partial charge in [0, 0.05) is 0 Å². The maximum atomic E-state index is 11.5. The first kappa shape index (κ1) is 10.1. The summed E-state index contributed by atoms with van der Waals surface area (Å²) in [7, 11) is -4.45. The fourth-order valence-electron chi connectivity index (χ4n) is 1.51. The van der Waals surface area contributed by atoms with Crippen LogP contribution in [0.4, 0.5) is 4.53 Å². The van der Waals surface area contributed by atoms with Gasteiger partial charge >= 0.3 is 7.82 Å². The van der Waals surface area contributed by atoms with Gasteiger partial charge in [-0.3, -0.25) is 4.52 Å². The molecule has 72 valence electrons. The Labute approximate surface area is 70.2 Å². The molecule has 0 aliphatic heterocycles. The van der Waals surface area contributed by atoms with Crippen LogP contribution in [0, 0.1) is 0 Å². The van der Waals surface area contributed by atoms with Gasteiger partial charge < -0.3 is 4.89 Å². The summed E-state index contributed by atoms with van der Waals surface area (Å²) in [6, 6.07) is 0. The molecule has 1 unspecified atom stereocenters. The summed E-state index contributed by atoms with van der Waals surface area (Å²) in [6.45, 7) is 1.68.